The molecule has 1 N–H and O–H groups in total. The normalized spacial score (nSPS) is 10.7. The van der Waals surface area contributed by atoms with Crippen LogP contribution in [0.5, 0.6) is 0 Å². The number of carbonyl (C=O) groups is 1. The number of carboxylic acid groups (broad SMARTS) is 1. The van der Waals surface area contributed by atoms with Gasteiger partial charge >= 0.3 is 5.97 Å². The average Bonchev–Trinajstić information content (AvgIpc) is 2.16. The van der Waals surface area contributed by atoms with E-state index in [1.54, 1.807) is 0 Å². The maximum atomic E-state index is 12.4. The van der Waals surface area contributed by atoms with Gasteiger partial charge in [0, 0.05) is 17.1 Å². The second kappa shape index (κ2) is 4.85. The van der Waals surface area contributed by atoms with Crippen molar-refractivity contribution in [2.24, 2.45) is 0 Å². The highest BCUT2D eigenvalue weighted by molar-refractivity contribution is 9.08. The van der Waals surface area contributed by atoms with Gasteiger partial charge in [-0.05, 0) is 0 Å². The lowest BCUT2D eigenvalue weighted by atomic mass is 10.1. The number of aromatic nitrogens is 1. The summed E-state index contributed by atoms with van der Waals surface area (Å²) in [6.45, 7) is 0. The molecule has 1 aromatic rings. The van der Waals surface area contributed by atoms with E-state index in [2.05, 4.69) is 20.9 Å². The Labute approximate surface area is 97.2 Å². The molecular weight excluding hydrogens is 295 g/mol. The van der Waals surface area contributed by atoms with Gasteiger partial charge in [-0.3, -0.25) is 4.98 Å². The zero-order valence-corrected chi connectivity index (χ0v) is 9.52. The van der Waals surface area contributed by atoms with E-state index in [0.29, 0.717) is 5.56 Å². The largest absolute Gasteiger partial charge is 0.478 e. The number of pyridine rings is 1. The number of aromatic carboxylic acids is 1. The minimum atomic E-state index is -2.96. The van der Waals surface area contributed by atoms with Gasteiger partial charge in [0.25, 0.3) is 6.43 Å². The van der Waals surface area contributed by atoms with E-state index in [-0.39, 0.29) is 10.4 Å². The molecule has 1 heterocycles. The van der Waals surface area contributed by atoms with Crippen molar-refractivity contribution in [2.75, 3.05) is 0 Å². The van der Waals surface area contributed by atoms with Crippen molar-refractivity contribution < 1.29 is 18.7 Å². The second-order valence-corrected chi connectivity index (χ2v) is 3.54. The summed E-state index contributed by atoms with van der Waals surface area (Å²) in [5, 5.41) is 8.79. The summed E-state index contributed by atoms with van der Waals surface area (Å²) in [4.78, 5) is 14.1. The lowest BCUT2D eigenvalue weighted by Crippen LogP contribution is -2.08. The Morgan fingerprint density at radius 1 is 1.67 bits per heavy atom. The number of alkyl halides is 3. The molecule has 0 radical (unpaired) electrons. The maximum absolute atomic E-state index is 12.4. The van der Waals surface area contributed by atoms with Crippen molar-refractivity contribution in [1.29, 1.82) is 0 Å². The molecule has 0 aliphatic carbocycles. The highest BCUT2D eigenvalue weighted by Crippen LogP contribution is 2.29. The van der Waals surface area contributed by atoms with Gasteiger partial charge in [0.15, 0.2) is 0 Å². The third-order valence-corrected chi connectivity index (χ3v) is 2.72. The Morgan fingerprint density at radius 2 is 2.27 bits per heavy atom. The van der Waals surface area contributed by atoms with Gasteiger partial charge in [-0.2, -0.15) is 0 Å². The van der Waals surface area contributed by atoms with Crippen LogP contribution in [0.2, 0.25) is 5.02 Å². The highest BCUT2D eigenvalue weighted by atomic mass is 79.9. The van der Waals surface area contributed by atoms with Crippen LogP contribution in [-0.4, -0.2) is 16.1 Å². The quantitative estimate of drug-likeness (QED) is 0.872. The molecule has 1 aromatic heterocycles. The SMILES string of the molecule is O=C(O)c1c(C(F)F)ncc(CBr)c1Cl. The lowest BCUT2D eigenvalue weighted by Gasteiger charge is -2.08. The Bertz CT molecular complexity index is 400. The maximum Gasteiger partial charge on any atom is 0.339 e. The van der Waals surface area contributed by atoms with E-state index in [4.69, 9.17) is 16.7 Å². The van der Waals surface area contributed by atoms with Crippen LogP contribution in [0.3, 0.4) is 0 Å². The molecule has 0 bridgehead atoms. The van der Waals surface area contributed by atoms with E-state index in [9.17, 15) is 13.6 Å². The Kier molecular flexibility index (Phi) is 3.98. The molecule has 1 rings (SSSR count). The molecule has 0 atom stereocenters. The fourth-order valence-corrected chi connectivity index (χ4v) is 1.88. The summed E-state index contributed by atoms with van der Waals surface area (Å²) in [6.07, 6.45) is -1.83. The predicted octanol–water partition coefficient (Wildman–Crippen LogP) is 3.27. The van der Waals surface area contributed by atoms with Crippen LogP contribution >= 0.6 is 27.5 Å². The zero-order valence-electron chi connectivity index (χ0n) is 7.18. The Balaban J connectivity index is 3.44. The fraction of sp³-hybridized carbons (Fsp3) is 0.250. The van der Waals surface area contributed by atoms with E-state index in [1.165, 1.54) is 0 Å². The smallest absolute Gasteiger partial charge is 0.339 e. The van der Waals surface area contributed by atoms with Crippen molar-refractivity contribution >= 4 is 33.5 Å². The van der Waals surface area contributed by atoms with Crippen molar-refractivity contribution in [3.63, 3.8) is 0 Å². The van der Waals surface area contributed by atoms with Gasteiger partial charge in [-0.25, -0.2) is 13.6 Å². The molecule has 0 saturated heterocycles. The molecule has 0 aromatic carbocycles. The van der Waals surface area contributed by atoms with Crippen LogP contribution in [0.15, 0.2) is 6.20 Å². The first kappa shape index (κ1) is 12.3. The summed E-state index contributed by atoms with van der Waals surface area (Å²) in [5.41, 5.74) is -1.08. The second-order valence-electron chi connectivity index (χ2n) is 2.60. The van der Waals surface area contributed by atoms with Gasteiger partial charge in [0.05, 0.1) is 5.02 Å². The molecule has 15 heavy (non-hydrogen) atoms. The monoisotopic (exact) mass is 299 g/mol. The van der Waals surface area contributed by atoms with Gasteiger partial charge in [0.1, 0.15) is 11.3 Å². The Hall–Kier alpha value is -0.750. The van der Waals surface area contributed by atoms with E-state index >= 15 is 0 Å². The van der Waals surface area contributed by atoms with Crippen LogP contribution in [0.25, 0.3) is 0 Å². The van der Waals surface area contributed by atoms with Gasteiger partial charge in [-0.1, -0.05) is 27.5 Å². The molecule has 0 unspecified atom stereocenters. The topological polar surface area (TPSA) is 50.2 Å². The third-order valence-electron chi connectivity index (χ3n) is 1.68. The zero-order chi connectivity index (χ0) is 11.6. The number of halogens is 4. The minimum absolute atomic E-state index is 0.204. The first-order chi connectivity index (χ1) is 6.99. The van der Waals surface area contributed by atoms with Gasteiger partial charge in [-0.15, -0.1) is 0 Å². The first-order valence-corrected chi connectivity index (χ1v) is 5.23. The summed E-state index contributed by atoms with van der Waals surface area (Å²) in [5.74, 6) is -1.51. The van der Waals surface area contributed by atoms with Crippen LogP contribution in [-0.2, 0) is 5.33 Å². The lowest BCUT2D eigenvalue weighted by molar-refractivity contribution is 0.0682. The summed E-state index contributed by atoms with van der Waals surface area (Å²) in [7, 11) is 0. The van der Waals surface area contributed by atoms with Gasteiger partial charge in [0.2, 0.25) is 0 Å². The number of rotatable bonds is 3. The first-order valence-electron chi connectivity index (χ1n) is 3.73. The average molecular weight is 300 g/mol. The summed E-state index contributed by atoms with van der Waals surface area (Å²) in [6, 6.07) is 0. The molecule has 3 nitrogen and oxygen atoms in total. The van der Waals surface area contributed by atoms with Crippen molar-refractivity contribution in [1.82, 2.24) is 4.98 Å². The minimum Gasteiger partial charge on any atom is -0.478 e. The predicted molar refractivity (Wildman–Crippen MR) is 53.8 cm³/mol. The van der Waals surface area contributed by atoms with E-state index < -0.39 is 23.7 Å². The molecule has 0 saturated carbocycles. The molecular formula is C8H5BrClF2NO2. The number of carboxylic acids is 1. The highest BCUT2D eigenvalue weighted by Gasteiger charge is 2.24. The van der Waals surface area contributed by atoms with Crippen molar-refractivity contribution in [3.8, 4) is 0 Å². The number of nitrogens with zero attached hydrogens (tertiary/aromatic N) is 1. The van der Waals surface area contributed by atoms with Gasteiger partial charge < -0.3 is 5.11 Å². The molecule has 0 aliphatic heterocycles. The van der Waals surface area contributed by atoms with Crippen LogP contribution in [0.1, 0.15) is 28.0 Å². The molecule has 0 aliphatic rings. The third kappa shape index (κ3) is 2.43. The number of hydrogen-bond acceptors (Lipinski definition) is 2. The molecule has 7 heteroatoms. The van der Waals surface area contributed by atoms with Crippen molar-refractivity contribution in [3.05, 3.63) is 28.0 Å². The Morgan fingerprint density at radius 3 is 2.67 bits per heavy atom. The summed E-state index contributed by atoms with van der Waals surface area (Å²) >= 11 is 8.72. The molecule has 82 valence electrons. The molecule has 0 spiro atoms. The van der Waals surface area contributed by atoms with E-state index in [0.717, 1.165) is 6.20 Å². The van der Waals surface area contributed by atoms with Crippen molar-refractivity contribution in [2.45, 2.75) is 11.8 Å². The van der Waals surface area contributed by atoms with E-state index in [1.807, 2.05) is 0 Å². The summed E-state index contributed by atoms with van der Waals surface area (Å²) < 4.78 is 24.8. The standard InChI is InChI=1S/C8H5BrClF2NO2/c9-1-3-2-13-6(7(11)12)4(5(3)10)8(14)15/h2,7H,1H2,(H,14,15). The molecule has 0 fully saturated rings. The number of hydrogen-bond donors (Lipinski definition) is 1. The van der Waals surface area contributed by atoms with Crippen LogP contribution < -0.4 is 0 Å². The van der Waals surface area contributed by atoms with Crippen LogP contribution in [0, 0.1) is 0 Å². The fourth-order valence-electron chi connectivity index (χ4n) is 1.00. The van der Waals surface area contributed by atoms with Crippen LogP contribution in [0.4, 0.5) is 8.78 Å². The molecule has 0 amide bonds.